The smallest absolute Gasteiger partial charge is 0.249 e. The summed E-state index contributed by atoms with van der Waals surface area (Å²) in [5, 5.41) is 7.72. The molecule has 0 bridgehead atoms. The molecule has 0 spiro atoms. The number of anilines is 1. The first-order valence-corrected chi connectivity index (χ1v) is 11.8. The Morgan fingerprint density at radius 2 is 1.82 bits per heavy atom. The van der Waals surface area contributed by atoms with Crippen molar-refractivity contribution in [3.8, 4) is 0 Å². The molecule has 3 N–H and O–H groups in total. The lowest BCUT2D eigenvalue weighted by molar-refractivity contribution is -0.131. The van der Waals surface area contributed by atoms with Crippen LogP contribution in [-0.2, 0) is 9.53 Å². The number of ketones is 1. The molecule has 1 aliphatic heterocycles. The number of ether oxygens (including phenoxy) is 1. The van der Waals surface area contributed by atoms with E-state index in [4.69, 9.17) is 16.3 Å². The van der Waals surface area contributed by atoms with E-state index in [0.29, 0.717) is 39.6 Å². The molecule has 2 fully saturated rings. The highest BCUT2D eigenvalue weighted by Gasteiger charge is 2.29. The summed E-state index contributed by atoms with van der Waals surface area (Å²) in [4.78, 5) is 37.3. The number of amides is 1. The van der Waals surface area contributed by atoms with Gasteiger partial charge in [0, 0.05) is 30.5 Å². The van der Waals surface area contributed by atoms with Gasteiger partial charge < -0.3 is 20.4 Å². The van der Waals surface area contributed by atoms with E-state index in [0.717, 1.165) is 38.5 Å². The number of rotatable bonds is 6. The first kappa shape index (κ1) is 21.9. The van der Waals surface area contributed by atoms with Gasteiger partial charge in [0.2, 0.25) is 5.91 Å². The predicted octanol–water partition coefficient (Wildman–Crippen LogP) is 3.86. The van der Waals surface area contributed by atoms with E-state index < -0.39 is 0 Å². The summed E-state index contributed by atoms with van der Waals surface area (Å²) in [6.45, 7) is 0.669. The Balaban J connectivity index is 1.28. The standard InChI is InChI=1S/C24H26ClN5O3/c25-18-5-2-1-4-16(18)21(31)17-12-26-22-20(17)23(28-13-27-22)29-14-7-9-15(10-8-14)30-24(32)19-6-3-11-33-19/h1-2,4-5,12-15,19H,3,6-11H2,(H,30,32)(H2,26,27,28,29)/t14?,15?,19-/m1/s1. The fourth-order valence-electron chi connectivity index (χ4n) is 4.70. The summed E-state index contributed by atoms with van der Waals surface area (Å²) in [5.41, 5.74) is 1.52. The number of fused-ring (bicyclic) bond motifs is 1. The van der Waals surface area contributed by atoms with E-state index in [-0.39, 0.29) is 29.9 Å². The molecule has 2 aliphatic rings. The van der Waals surface area contributed by atoms with Crippen LogP contribution in [0.4, 0.5) is 5.82 Å². The molecular weight excluding hydrogens is 442 g/mol. The number of carbonyl (C=O) groups excluding carboxylic acids is 2. The van der Waals surface area contributed by atoms with Crippen LogP contribution < -0.4 is 10.6 Å². The highest BCUT2D eigenvalue weighted by atomic mass is 35.5. The Hall–Kier alpha value is -2.97. The number of aromatic nitrogens is 3. The van der Waals surface area contributed by atoms with Crippen LogP contribution in [-0.4, -0.2) is 51.4 Å². The molecule has 1 saturated heterocycles. The minimum absolute atomic E-state index is 0.0106. The van der Waals surface area contributed by atoms with E-state index in [2.05, 4.69) is 25.6 Å². The molecule has 1 aliphatic carbocycles. The fraction of sp³-hybridized carbons (Fsp3) is 0.417. The van der Waals surface area contributed by atoms with Crippen LogP contribution in [0, 0.1) is 0 Å². The molecule has 5 rings (SSSR count). The molecule has 0 radical (unpaired) electrons. The van der Waals surface area contributed by atoms with Crippen LogP contribution in [0.25, 0.3) is 11.0 Å². The van der Waals surface area contributed by atoms with Crippen LogP contribution in [0.1, 0.15) is 54.4 Å². The Labute approximate surface area is 196 Å². The second kappa shape index (κ2) is 9.49. The van der Waals surface area contributed by atoms with Crippen molar-refractivity contribution in [2.45, 2.75) is 56.7 Å². The van der Waals surface area contributed by atoms with Gasteiger partial charge in [-0.05, 0) is 50.7 Å². The summed E-state index contributed by atoms with van der Waals surface area (Å²) >= 11 is 6.26. The third kappa shape index (κ3) is 4.58. The molecule has 3 heterocycles. The quantitative estimate of drug-likeness (QED) is 0.475. The van der Waals surface area contributed by atoms with Gasteiger partial charge in [0.05, 0.1) is 16.0 Å². The number of nitrogens with one attached hydrogen (secondary N) is 3. The molecule has 172 valence electrons. The maximum absolute atomic E-state index is 13.2. The van der Waals surface area contributed by atoms with E-state index >= 15 is 0 Å². The van der Waals surface area contributed by atoms with Crippen LogP contribution in [0.3, 0.4) is 0 Å². The SMILES string of the molecule is O=C(c1ccccc1Cl)c1c[nH]c2ncnc(NC3CCC(NC(=O)[C@H]4CCCO4)CC3)c12. The van der Waals surface area contributed by atoms with Gasteiger partial charge in [-0.25, -0.2) is 9.97 Å². The van der Waals surface area contributed by atoms with Gasteiger partial charge >= 0.3 is 0 Å². The Bertz CT molecular complexity index is 1170. The second-order valence-corrected chi connectivity index (χ2v) is 9.07. The first-order chi connectivity index (χ1) is 16.1. The number of hydrogen-bond donors (Lipinski definition) is 3. The van der Waals surface area contributed by atoms with Crippen LogP contribution in [0.5, 0.6) is 0 Å². The molecule has 2 aromatic heterocycles. The van der Waals surface area contributed by atoms with Gasteiger partial charge in [0.1, 0.15) is 23.9 Å². The van der Waals surface area contributed by atoms with Crippen molar-refractivity contribution in [1.29, 1.82) is 0 Å². The first-order valence-electron chi connectivity index (χ1n) is 11.4. The molecular formula is C24H26ClN5O3. The summed E-state index contributed by atoms with van der Waals surface area (Å²) in [7, 11) is 0. The average molecular weight is 468 g/mol. The van der Waals surface area contributed by atoms with Crippen molar-refractivity contribution in [3.63, 3.8) is 0 Å². The molecule has 0 unspecified atom stereocenters. The van der Waals surface area contributed by atoms with Crippen LogP contribution in [0.15, 0.2) is 36.8 Å². The number of aromatic amines is 1. The van der Waals surface area contributed by atoms with Gasteiger partial charge in [0.15, 0.2) is 5.78 Å². The zero-order valence-electron chi connectivity index (χ0n) is 18.1. The minimum Gasteiger partial charge on any atom is -0.368 e. The van der Waals surface area contributed by atoms with Crippen LogP contribution >= 0.6 is 11.6 Å². The van der Waals surface area contributed by atoms with E-state index in [1.807, 2.05) is 0 Å². The molecule has 1 aromatic carbocycles. The lowest BCUT2D eigenvalue weighted by Gasteiger charge is -2.30. The minimum atomic E-state index is -0.294. The summed E-state index contributed by atoms with van der Waals surface area (Å²) in [5.74, 6) is 0.463. The maximum atomic E-state index is 13.2. The molecule has 3 aromatic rings. The van der Waals surface area contributed by atoms with Gasteiger partial charge in [0.25, 0.3) is 0 Å². The second-order valence-electron chi connectivity index (χ2n) is 8.66. The summed E-state index contributed by atoms with van der Waals surface area (Å²) < 4.78 is 5.48. The Kier molecular flexibility index (Phi) is 6.28. The number of halogens is 1. The van der Waals surface area contributed by atoms with Gasteiger partial charge in [-0.2, -0.15) is 0 Å². The van der Waals surface area contributed by atoms with Crippen molar-refractivity contribution >= 4 is 40.1 Å². The van der Waals surface area contributed by atoms with Crippen molar-refractivity contribution in [1.82, 2.24) is 20.3 Å². The number of nitrogens with zero attached hydrogens (tertiary/aromatic N) is 2. The van der Waals surface area contributed by atoms with E-state index in [1.54, 1.807) is 30.5 Å². The van der Waals surface area contributed by atoms with E-state index in [9.17, 15) is 9.59 Å². The predicted molar refractivity (Wildman–Crippen MR) is 126 cm³/mol. The highest BCUT2D eigenvalue weighted by Crippen LogP contribution is 2.30. The van der Waals surface area contributed by atoms with Crippen LogP contribution in [0.2, 0.25) is 5.02 Å². The van der Waals surface area contributed by atoms with Crippen molar-refractivity contribution < 1.29 is 14.3 Å². The third-order valence-electron chi connectivity index (χ3n) is 6.47. The molecule has 1 saturated carbocycles. The summed E-state index contributed by atoms with van der Waals surface area (Å²) in [6.07, 6.45) is 8.14. The number of carbonyl (C=O) groups is 2. The van der Waals surface area contributed by atoms with Gasteiger partial charge in [-0.15, -0.1) is 0 Å². The average Bonchev–Trinajstić information content (AvgIpc) is 3.51. The van der Waals surface area contributed by atoms with Gasteiger partial charge in [-0.1, -0.05) is 23.7 Å². The van der Waals surface area contributed by atoms with Crippen molar-refractivity contribution in [2.75, 3.05) is 11.9 Å². The van der Waals surface area contributed by atoms with E-state index in [1.165, 1.54) is 6.33 Å². The van der Waals surface area contributed by atoms with Gasteiger partial charge in [-0.3, -0.25) is 9.59 Å². The molecule has 9 heteroatoms. The zero-order valence-corrected chi connectivity index (χ0v) is 18.9. The topological polar surface area (TPSA) is 109 Å². The zero-order chi connectivity index (χ0) is 22.8. The normalized spacial score (nSPS) is 22.9. The molecule has 1 amide bonds. The molecule has 33 heavy (non-hydrogen) atoms. The summed E-state index contributed by atoms with van der Waals surface area (Å²) in [6, 6.07) is 7.36. The maximum Gasteiger partial charge on any atom is 0.249 e. The monoisotopic (exact) mass is 467 g/mol. The largest absolute Gasteiger partial charge is 0.368 e. The number of benzene rings is 1. The lowest BCUT2D eigenvalue weighted by Crippen LogP contribution is -2.44. The highest BCUT2D eigenvalue weighted by molar-refractivity contribution is 6.35. The Morgan fingerprint density at radius 1 is 1.03 bits per heavy atom. The van der Waals surface area contributed by atoms with Crippen molar-refractivity contribution in [3.05, 3.63) is 52.9 Å². The molecule has 1 atom stereocenters. The number of hydrogen-bond acceptors (Lipinski definition) is 6. The lowest BCUT2D eigenvalue weighted by atomic mass is 9.91. The number of H-pyrrole nitrogens is 1. The molecule has 8 nitrogen and oxygen atoms in total. The Morgan fingerprint density at radius 3 is 2.58 bits per heavy atom. The third-order valence-corrected chi connectivity index (χ3v) is 6.80. The fourth-order valence-corrected chi connectivity index (χ4v) is 4.92. The van der Waals surface area contributed by atoms with Crippen molar-refractivity contribution in [2.24, 2.45) is 0 Å².